The molecule has 2 heterocycles. The van der Waals surface area contributed by atoms with Gasteiger partial charge >= 0.3 is 0 Å². The smallest absolute Gasteiger partial charge is 0.256 e. The summed E-state index contributed by atoms with van der Waals surface area (Å²) in [7, 11) is 0. The van der Waals surface area contributed by atoms with Crippen LogP contribution >= 0.6 is 0 Å². The maximum absolute atomic E-state index is 12.3. The van der Waals surface area contributed by atoms with Crippen LogP contribution in [0.25, 0.3) is 0 Å². The zero-order valence-corrected chi connectivity index (χ0v) is 13.3. The SMILES string of the molecule is Cc1noc(C)c1C(=O)NCC(C(C)C)N1CCOCC1. The maximum Gasteiger partial charge on any atom is 0.256 e. The van der Waals surface area contributed by atoms with Crippen LogP contribution in [0.4, 0.5) is 0 Å². The van der Waals surface area contributed by atoms with E-state index >= 15 is 0 Å². The zero-order chi connectivity index (χ0) is 15.4. The number of hydrogen-bond donors (Lipinski definition) is 1. The van der Waals surface area contributed by atoms with E-state index in [-0.39, 0.29) is 5.91 Å². The molecule has 6 nitrogen and oxygen atoms in total. The van der Waals surface area contributed by atoms with Crippen molar-refractivity contribution in [1.29, 1.82) is 0 Å². The highest BCUT2D eigenvalue weighted by Gasteiger charge is 2.25. The Bertz CT molecular complexity index is 459. The van der Waals surface area contributed by atoms with E-state index in [4.69, 9.17) is 9.26 Å². The van der Waals surface area contributed by atoms with E-state index in [0.717, 1.165) is 26.3 Å². The minimum absolute atomic E-state index is 0.106. The van der Waals surface area contributed by atoms with Gasteiger partial charge in [0.15, 0.2) is 0 Å². The minimum Gasteiger partial charge on any atom is -0.379 e. The Balaban J connectivity index is 1.97. The maximum atomic E-state index is 12.3. The van der Waals surface area contributed by atoms with Crippen molar-refractivity contribution in [3.05, 3.63) is 17.0 Å². The lowest BCUT2D eigenvalue weighted by molar-refractivity contribution is 0.00672. The van der Waals surface area contributed by atoms with Crippen molar-refractivity contribution in [3.63, 3.8) is 0 Å². The number of morpholine rings is 1. The standard InChI is InChI=1S/C15H25N3O3/c1-10(2)13(18-5-7-20-8-6-18)9-16-15(19)14-11(3)17-21-12(14)4/h10,13H,5-9H2,1-4H3,(H,16,19). The van der Waals surface area contributed by atoms with Crippen molar-refractivity contribution in [2.24, 2.45) is 5.92 Å². The van der Waals surface area contributed by atoms with Gasteiger partial charge in [0, 0.05) is 25.7 Å². The normalized spacial score (nSPS) is 18.0. The fourth-order valence-corrected chi connectivity index (χ4v) is 2.79. The van der Waals surface area contributed by atoms with Gasteiger partial charge in [0.05, 0.1) is 18.9 Å². The van der Waals surface area contributed by atoms with Crippen molar-refractivity contribution in [2.45, 2.75) is 33.7 Å². The lowest BCUT2D eigenvalue weighted by Crippen LogP contribution is -2.51. The van der Waals surface area contributed by atoms with Gasteiger partial charge in [-0.2, -0.15) is 0 Å². The Morgan fingerprint density at radius 3 is 2.52 bits per heavy atom. The first-order valence-electron chi connectivity index (χ1n) is 7.53. The summed E-state index contributed by atoms with van der Waals surface area (Å²) in [5, 5.41) is 6.85. The molecule has 6 heteroatoms. The number of carbonyl (C=O) groups is 1. The van der Waals surface area contributed by atoms with Gasteiger partial charge in [0.1, 0.15) is 11.3 Å². The number of ether oxygens (including phenoxy) is 1. The summed E-state index contributed by atoms with van der Waals surface area (Å²) in [5.41, 5.74) is 1.19. The topological polar surface area (TPSA) is 67.6 Å². The van der Waals surface area contributed by atoms with Crippen LogP contribution in [0.1, 0.15) is 35.7 Å². The van der Waals surface area contributed by atoms with Crippen LogP contribution in [-0.2, 0) is 4.74 Å². The molecule has 0 saturated carbocycles. The van der Waals surface area contributed by atoms with E-state index in [2.05, 4.69) is 29.2 Å². The highest BCUT2D eigenvalue weighted by molar-refractivity contribution is 5.96. The lowest BCUT2D eigenvalue weighted by atomic mass is 10.0. The van der Waals surface area contributed by atoms with E-state index in [1.165, 1.54) is 0 Å². The molecule has 1 aliphatic rings. The number of nitrogens with zero attached hydrogens (tertiary/aromatic N) is 2. The predicted molar refractivity (Wildman–Crippen MR) is 79.3 cm³/mol. The predicted octanol–water partition coefficient (Wildman–Crippen LogP) is 1.38. The number of carbonyl (C=O) groups excluding carboxylic acids is 1. The fourth-order valence-electron chi connectivity index (χ4n) is 2.79. The van der Waals surface area contributed by atoms with Crippen molar-refractivity contribution in [3.8, 4) is 0 Å². The summed E-state index contributed by atoms with van der Waals surface area (Å²) in [5.74, 6) is 0.927. The number of aryl methyl sites for hydroxylation is 2. The Hall–Kier alpha value is -1.40. The Morgan fingerprint density at radius 1 is 1.33 bits per heavy atom. The lowest BCUT2D eigenvalue weighted by Gasteiger charge is -2.36. The summed E-state index contributed by atoms with van der Waals surface area (Å²) >= 11 is 0. The van der Waals surface area contributed by atoms with E-state index in [0.29, 0.717) is 35.5 Å². The van der Waals surface area contributed by atoms with Crippen LogP contribution in [0.2, 0.25) is 0 Å². The molecule has 0 aromatic carbocycles. The molecule has 118 valence electrons. The van der Waals surface area contributed by atoms with E-state index in [1.807, 2.05) is 0 Å². The fraction of sp³-hybridized carbons (Fsp3) is 0.733. The first kappa shape index (κ1) is 16.0. The molecule has 1 N–H and O–H groups in total. The monoisotopic (exact) mass is 295 g/mol. The number of nitrogens with one attached hydrogen (secondary N) is 1. The third-order valence-corrected chi connectivity index (χ3v) is 4.02. The van der Waals surface area contributed by atoms with Crippen LogP contribution < -0.4 is 5.32 Å². The third kappa shape index (κ3) is 3.83. The van der Waals surface area contributed by atoms with Crippen LogP contribution in [0, 0.1) is 19.8 Å². The molecular weight excluding hydrogens is 270 g/mol. The minimum atomic E-state index is -0.106. The summed E-state index contributed by atoms with van der Waals surface area (Å²) in [4.78, 5) is 14.7. The van der Waals surface area contributed by atoms with Crippen molar-refractivity contribution in [2.75, 3.05) is 32.8 Å². The molecule has 21 heavy (non-hydrogen) atoms. The van der Waals surface area contributed by atoms with Gasteiger partial charge < -0.3 is 14.6 Å². The first-order chi connectivity index (χ1) is 10.0. The van der Waals surface area contributed by atoms with Gasteiger partial charge in [-0.25, -0.2) is 0 Å². The molecular formula is C15H25N3O3. The largest absolute Gasteiger partial charge is 0.379 e. The Labute approximate surface area is 125 Å². The van der Waals surface area contributed by atoms with Gasteiger partial charge in [-0.3, -0.25) is 9.69 Å². The second kappa shape index (κ2) is 7.04. The average Bonchev–Trinajstić information content (AvgIpc) is 2.79. The number of amides is 1. The van der Waals surface area contributed by atoms with Gasteiger partial charge in [-0.05, 0) is 19.8 Å². The van der Waals surface area contributed by atoms with Gasteiger partial charge in [0.2, 0.25) is 0 Å². The van der Waals surface area contributed by atoms with Crippen molar-refractivity contribution < 1.29 is 14.1 Å². The van der Waals surface area contributed by atoms with Gasteiger partial charge in [-0.15, -0.1) is 0 Å². The summed E-state index contributed by atoms with van der Waals surface area (Å²) < 4.78 is 10.4. The summed E-state index contributed by atoms with van der Waals surface area (Å²) in [6, 6.07) is 0.318. The first-order valence-corrected chi connectivity index (χ1v) is 7.53. The Kier molecular flexibility index (Phi) is 5.36. The molecule has 1 aromatic heterocycles. The van der Waals surface area contributed by atoms with Gasteiger partial charge in [-0.1, -0.05) is 19.0 Å². The highest BCUT2D eigenvalue weighted by atomic mass is 16.5. The van der Waals surface area contributed by atoms with Crippen LogP contribution in [0.3, 0.4) is 0 Å². The highest BCUT2D eigenvalue weighted by Crippen LogP contribution is 2.14. The molecule has 1 atom stereocenters. The average molecular weight is 295 g/mol. The number of hydrogen-bond acceptors (Lipinski definition) is 5. The molecule has 1 aromatic rings. The van der Waals surface area contributed by atoms with Gasteiger partial charge in [0.25, 0.3) is 5.91 Å². The molecule has 1 aliphatic heterocycles. The summed E-state index contributed by atoms with van der Waals surface area (Å²) in [6.07, 6.45) is 0. The van der Waals surface area contributed by atoms with Crippen molar-refractivity contribution >= 4 is 5.91 Å². The van der Waals surface area contributed by atoms with E-state index in [9.17, 15) is 4.79 Å². The molecule has 0 spiro atoms. The zero-order valence-electron chi connectivity index (χ0n) is 13.3. The molecule has 0 bridgehead atoms. The second-order valence-corrected chi connectivity index (χ2v) is 5.87. The van der Waals surface area contributed by atoms with Crippen LogP contribution in [0.15, 0.2) is 4.52 Å². The molecule has 1 saturated heterocycles. The summed E-state index contributed by atoms with van der Waals surface area (Å²) in [6.45, 7) is 11.9. The van der Waals surface area contributed by atoms with E-state index in [1.54, 1.807) is 13.8 Å². The Morgan fingerprint density at radius 2 is 2.00 bits per heavy atom. The van der Waals surface area contributed by atoms with Crippen LogP contribution in [-0.4, -0.2) is 54.9 Å². The van der Waals surface area contributed by atoms with Crippen molar-refractivity contribution in [1.82, 2.24) is 15.4 Å². The third-order valence-electron chi connectivity index (χ3n) is 4.02. The quantitative estimate of drug-likeness (QED) is 0.889. The molecule has 1 unspecified atom stereocenters. The molecule has 2 rings (SSSR count). The van der Waals surface area contributed by atoms with Crippen LogP contribution in [0.5, 0.6) is 0 Å². The number of rotatable bonds is 5. The van der Waals surface area contributed by atoms with E-state index < -0.39 is 0 Å². The molecule has 0 aliphatic carbocycles. The number of aromatic nitrogens is 1. The molecule has 1 amide bonds. The molecule has 0 radical (unpaired) electrons. The molecule has 1 fully saturated rings. The second-order valence-electron chi connectivity index (χ2n) is 5.87.